The summed E-state index contributed by atoms with van der Waals surface area (Å²) in [5.74, 6) is 13.4. The highest BCUT2D eigenvalue weighted by Gasteiger charge is 3.38. The average molecular weight is 270 g/mol. The second-order valence-electron chi connectivity index (χ2n) is 12.8. The van der Waals surface area contributed by atoms with E-state index in [0.29, 0.717) is 0 Å². The molecule has 0 bridgehead atoms. The number of fused-ring (bicyclic) bond motifs is 6. The molecule has 0 aromatic carbocycles. The van der Waals surface area contributed by atoms with Crippen molar-refractivity contribution >= 4 is 0 Å². The highest BCUT2D eigenvalue weighted by Crippen LogP contribution is 3.40. The molecule has 17 atom stereocenters. The van der Waals surface area contributed by atoms with Crippen molar-refractivity contribution in [1.29, 1.82) is 0 Å². The predicted molar refractivity (Wildman–Crippen MR) is 70.4 cm³/mol. The Bertz CT molecular complexity index is 950. The molecular formula is C21H18. The van der Waals surface area contributed by atoms with Crippen LogP contribution in [0.4, 0.5) is 0 Å². The van der Waals surface area contributed by atoms with E-state index in [1.807, 2.05) is 0 Å². The molecule has 0 aliphatic heterocycles. The first kappa shape index (κ1) is 7.71. The summed E-state index contributed by atoms with van der Waals surface area (Å²) in [6, 6.07) is 0. The van der Waals surface area contributed by atoms with Crippen LogP contribution < -0.4 is 0 Å². The molecule has 13 aliphatic rings. The molecule has 7 spiro atoms. The monoisotopic (exact) mass is 270 g/mol. The Morgan fingerprint density at radius 2 is 1.24 bits per heavy atom. The van der Waals surface area contributed by atoms with Crippen LogP contribution in [-0.2, 0) is 0 Å². The largest absolute Gasteiger partial charge is 0.0458 e. The summed E-state index contributed by atoms with van der Waals surface area (Å²) in [6.45, 7) is 0. The maximum absolute atomic E-state index is 1.77. The Morgan fingerprint density at radius 3 is 2.14 bits per heavy atom. The Balaban J connectivity index is 1.33. The minimum Gasteiger partial charge on any atom is -0.0458 e. The molecule has 13 saturated carbocycles. The molecular weight excluding hydrogens is 252 g/mol. The Kier molecular flexibility index (Phi) is 0.459. The average Bonchev–Trinajstić information content (AvgIpc) is 3.04. The minimum atomic E-state index is 1.07. The SMILES string of the molecule is C1C2C3CC4C5C6C7CC78C7CC9C%10C1C21C34C52C68C97C%1012. The maximum Gasteiger partial charge on any atom is -0.00543 e. The van der Waals surface area contributed by atoms with Gasteiger partial charge in [-0.1, -0.05) is 0 Å². The summed E-state index contributed by atoms with van der Waals surface area (Å²) < 4.78 is 0. The van der Waals surface area contributed by atoms with E-state index in [4.69, 9.17) is 0 Å². The van der Waals surface area contributed by atoms with E-state index >= 15 is 0 Å². The molecule has 21 heavy (non-hydrogen) atoms. The van der Waals surface area contributed by atoms with Crippen LogP contribution in [0, 0.1) is 97.1 Å². The Morgan fingerprint density at radius 1 is 0.524 bits per heavy atom. The number of hydrogen-bond acceptors (Lipinski definition) is 0. The van der Waals surface area contributed by atoms with Crippen LogP contribution in [0.25, 0.3) is 0 Å². The zero-order valence-electron chi connectivity index (χ0n) is 12.1. The molecule has 13 rings (SSSR count). The fourth-order valence-electron chi connectivity index (χ4n) is 18.7. The zero-order chi connectivity index (χ0) is 12.1. The topological polar surface area (TPSA) is 0 Å². The van der Waals surface area contributed by atoms with Crippen molar-refractivity contribution in [2.75, 3.05) is 0 Å². The number of hydrogen-bond donors (Lipinski definition) is 0. The molecule has 0 heterocycles. The highest BCUT2D eigenvalue weighted by molar-refractivity contribution is 5.83. The molecule has 0 aromatic rings. The summed E-state index contributed by atoms with van der Waals surface area (Å²) in [7, 11) is 0. The number of rotatable bonds is 0. The molecule has 102 valence electrons. The van der Waals surface area contributed by atoms with Gasteiger partial charge in [0.25, 0.3) is 0 Å². The van der Waals surface area contributed by atoms with E-state index < -0.39 is 0 Å². The van der Waals surface area contributed by atoms with E-state index in [1.54, 1.807) is 25.7 Å². The van der Waals surface area contributed by atoms with Crippen molar-refractivity contribution in [2.24, 2.45) is 97.1 Å². The predicted octanol–water partition coefficient (Wildman–Crippen LogP) is 2.79. The fourth-order valence-corrected chi connectivity index (χ4v) is 18.7. The Hall–Kier alpha value is 0. The van der Waals surface area contributed by atoms with Crippen LogP contribution in [-0.4, -0.2) is 0 Å². The van der Waals surface area contributed by atoms with Gasteiger partial charge >= 0.3 is 0 Å². The van der Waals surface area contributed by atoms with Gasteiger partial charge in [0, 0.05) is 0 Å². The lowest BCUT2D eigenvalue weighted by atomic mass is 8.66. The first-order valence-electron chi connectivity index (χ1n) is 10.4. The van der Waals surface area contributed by atoms with Crippen LogP contribution in [0.2, 0.25) is 0 Å². The first-order valence-corrected chi connectivity index (χ1v) is 10.4. The van der Waals surface area contributed by atoms with Gasteiger partial charge in [-0.25, -0.2) is 0 Å². The van der Waals surface area contributed by atoms with Crippen molar-refractivity contribution < 1.29 is 0 Å². The summed E-state index contributed by atoms with van der Waals surface area (Å²) in [5, 5.41) is 0. The lowest BCUT2D eigenvalue weighted by molar-refractivity contribution is -0.914. The second-order valence-corrected chi connectivity index (χ2v) is 12.8. The molecule has 13 aliphatic carbocycles. The van der Waals surface area contributed by atoms with E-state index in [2.05, 4.69) is 0 Å². The van der Waals surface area contributed by atoms with Crippen molar-refractivity contribution in [2.45, 2.75) is 25.7 Å². The molecule has 0 heteroatoms. The van der Waals surface area contributed by atoms with E-state index in [-0.39, 0.29) is 0 Å². The standard InChI is InChI=1S/C21H18/c1-5-6-2-8-13-14-10-4-15(10)11-3-9-12-7(1)16(5)17(6,8)21(13)19(14,15)18(9,11)20(12,16)21/h5-14H,1-4H2. The van der Waals surface area contributed by atoms with Gasteiger partial charge in [0.05, 0.1) is 0 Å². The zero-order valence-corrected chi connectivity index (χ0v) is 12.1. The van der Waals surface area contributed by atoms with Crippen molar-refractivity contribution in [1.82, 2.24) is 0 Å². The third-order valence-corrected chi connectivity index (χ3v) is 16.0. The van der Waals surface area contributed by atoms with Crippen LogP contribution in [0.5, 0.6) is 0 Å². The van der Waals surface area contributed by atoms with Crippen LogP contribution in [0.3, 0.4) is 0 Å². The van der Waals surface area contributed by atoms with Gasteiger partial charge in [0.2, 0.25) is 0 Å². The smallest absolute Gasteiger partial charge is 0.00543 e. The van der Waals surface area contributed by atoms with Gasteiger partial charge in [-0.3, -0.25) is 0 Å². The highest BCUT2D eigenvalue weighted by atomic mass is 15.4. The lowest BCUT2D eigenvalue weighted by Gasteiger charge is -3.37. The summed E-state index contributed by atoms with van der Waals surface area (Å²) in [4.78, 5) is 0. The third-order valence-electron chi connectivity index (χ3n) is 16.0. The van der Waals surface area contributed by atoms with Gasteiger partial charge in [-0.2, -0.15) is 0 Å². The molecule has 0 nitrogen and oxygen atoms in total. The van der Waals surface area contributed by atoms with E-state index in [1.165, 1.54) is 59.2 Å². The van der Waals surface area contributed by atoms with Gasteiger partial charge in [-0.05, 0) is 123 Å². The molecule has 0 aromatic heterocycles. The molecule has 17 unspecified atom stereocenters. The van der Waals surface area contributed by atoms with Gasteiger partial charge in [0.1, 0.15) is 0 Å². The first-order chi connectivity index (χ1) is 10.4. The van der Waals surface area contributed by atoms with Gasteiger partial charge in [-0.15, -0.1) is 0 Å². The maximum atomic E-state index is 1.77. The summed E-state index contributed by atoms with van der Waals surface area (Å²) >= 11 is 0. The van der Waals surface area contributed by atoms with Crippen molar-refractivity contribution in [3.05, 3.63) is 0 Å². The molecule has 0 saturated heterocycles. The Labute approximate surface area is 123 Å². The molecule has 0 amide bonds. The molecule has 13 fully saturated rings. The quantitative estimate of drug-likeness (QED) is 0.635. The van der Waals surface area contributed by atoms with E-state index in [9.17, 15) is 0 Å². The van der Waals surface area contributed by atoms with Crippen molar-refractivity contribution in [3.63, 3.8) is 0 Å². The lowest BCUT2D eigenvalue weighted by Crippen LogP contribution is -3.34. The van der Waals surface area contributed by atoms with E-state index in [0.717, 1.165) is 37.9 Å². The third kappa shape index (κ3) is 0.207. The molecule has 0 N–H and O–H groups in total. The van der Waals surface area contributed by atoms with Gasteiger partial charge in [0.15, 0.2) is 0 Å². The van der Waals surface area contributed by atoms with Crippen molar-refractivity contribution in [3.8, 4) is 0 Å². The summed E-state index contributed by atoms with van der Waals surface area (Å²) in [5.41, 5.74) is 7.71. The van der Waals surface area contributed by atoms with Crippen LogP contribution in [0.1, 0.15) is 25.7 Å². The summed E-state index contributed by atoms with van der Waals surface area (Å²) in [6.07, 6.45) is 7.02. The van der Waals surface area contributed by atoms with Crippen LogP contribution >= 0.6 is 0 Å². The normalized spacial score (nSPS) is 120. The fraction of sp³-hybridized carbons (Fsp3) is 1.00. The molecule has 0 radical (unpaired) electrons. The van der Waals surface area contributed by atoms with Gasteiger partial charge < -0.3 is 0 Å². The van der Waals surface area contributed by atoms with Crippen LogP contribution in [0.15, 0.2) is 0 Å². The minimum absolute atomic E-state index is 1.07. The second kappa shape index (κ2) is 1.25.